The third-order valence-corrected chi connectivity index (χ3v) is 6.59. The smallest absolute Gasteiger partial charge is 0.211 e. The molecule has 4 N–H and O–H groups in total. The Morgan fingerprint density at radius 3 is 2.52 bits per heavy atom. The minimum absolute atomic E-state index is 0.0312. The second-order valence-corrected chi connectivity index (χ2v) is 8.93. The fraction of sp³-hybridized carbons (Fsp3) is 0.619. The van der Waals surface area contributed by atoms with Crippen molar-refractivity contribution in [1.29, 1.82) is 0 Å². The predicted octanol–water partition coefficient (Wildman–Crippen LogP) is 4.08. The van der Waals surface area contributed by atoms with Gasteiger partial charge in [-0.05, 0) is 66.5 Å². The number of hydrogen-bond donors (Lipinski definition) is 2. The first kappa shape index (κ1) is 18.0. The summed E-state index contributed by atoms with van der Waals surface area (Å²) < 4.78 is 0. The molecule has 3 rings (SSSR count). The third-order valence-electron chi connectivity index (χ3n) is 6.59. The average molecular weight is 341 g/mol. The van der Waals surface area contributed by atoms with E-state index in [4.69, 9.17) is 11.5 Å². The lowest BCUT2D eigenvalue weighted by molar-refractivity contribution is 0.106. The van der Waals surface area contributed by atoms with Gasteiger partial charge in [0.1, 0.15) is 0 Å². The summed E-state index contributed by atoms with van der Waals surface area (Å²) in [6, 6.07) is 7.03. The first-order valence-electron chi connectivity index (χ1n) is 9.45. The van der Waals surface area contributed by atoms with Gasteiger partial charge in [0.15, 0.2) is 0 Å². The minimum Gasteiger partial charge on any atom is -0.369 e. The number of hydrogen-bond acceptors (Lipinski definition) is 2. The van der Waals surface area contributed by atoms with Crippen molar-refractivity contribution in [2.75, 3.05) is 0 Å². The van der Waals surface area contributed by atoms with Crippen LogP contribution in [0, 0.1) is 11.3 Å². The van der Waals surface area contributed by atoms with Gasteiger partial charge in [0.05, 0.1) is 5.71 Å². The Morgan fingerprint density at radius 1 is 1.16 bits per heavy atom. The first-order valence-corrected chi connectivity index (χ1v) is 9.45. The molecular formula is C21H32N4. The Bertz CT molecular complexity index is 725. The first-order chi connectivity index (χ1) is 11.7. The van der Waals surface area contributed by atoms with Crippen LogP contribution in [-0.2, 0) is 11.8 Å². The van der Waals surface area contributed by atoms with Crippen molar-refractivity contribution in [2.24, 2.45) is 33.0 Å². The molecule has 1 fully saturated rings. The summed E-state index contributed by atoms with van der Waals surface area (Å²) in [7, 11) is 0. The number of nitrogens with two attached hydrogens (primary N) is 2. The number of aryl methyl sites for hydroxylation is 1. The molecule has 1 saturated carbocycles. The number of nitrogens with zero attached hydrogens (tertiary/aromatic N) is 2. The van der Waals surface area contributed by atoms with Gasteiger partial charge in [0, 0.05) is 5.41 Å². The molecule has 0 aromatic heterocycles. The molecule has 0 aliphatic heterocycles. The maximum absolute atomic E-state index is 5.54. The normalized spacial score (nSPS) is 29.2. The summed E-state index contributed by atoms with van der Waals surface area (Å²) in [6.07, 6.45) is 4.42. The molecule has 25 heavy (non-hydrogen) atoms. The zero-order valence-electron chi connectivity index (χ0n) is 16.3. The lowest BCUT2D eigenvalue weighted by Gasteiger charge is -2.54. The highest BCUT2D eigenvalue weighted by Gasteiger charge is 2.53. The summed E-state index contributed by atoms with van der Waals surface area (Å²) in [5.41, 5.74) is 16.7. The number of fused-ring (bicyclic) bond motifs is 3. The molecule has 2 aliphatic carbocycles. The van der Waals surface area contributed by atoms with E-state index in [1.54, 1.807) is 0 Å². The summed E-state index contributed by atoms with van der Waals surface area (Å²) in [5.74, 6) is 1.14. The Hall–Kier alpha value is -1.84. The van der Waals surface area contributed by atoms with Gasteiger partial charge in [-0.1, -0.05) is 45.9 Å². The fourth-order valence-corrected chi connectivity index (χ4v) is 5.14. The summed E-state index contributed by atoms with van der Waals surface area (Å²) in [6.45, 7) is 11.7. The van der Waals surface area contributed by atoms with E-state index in [1.807, 2.05) is 0 Å². The molecule has 136 valence electrons. The van der Waals surface area contributed by atoms with Crippen molar-refractivity contribution >= 4 is 11.7 Å². The SMILES string of the molecule is CC(C)c1ccc2c(c1)CCC1C(C)(C)CCC(=NN=C(N)N)[C@]21C. The molecule has 0 spiro atoms. The topological polar surface area (TPSA) is 76.8 Å². The quantitative estimate of drug-likeness (QED) is 0.483. The van der Waals surface area contributed by atoms with Crippen molar-refractivity contribution in [1.82, 2.24) is 0 Å². The summed E-state index contributed by atoms with van der Waals surface area (Å²) >= 11 is 0. The molecule has 4 heteroatoms. The van der Waals surface area contributed by atoms with Crippen LogP contribution in [0.1, 0.15) is 76.5 Å². The van der Waals surface area contributed by atoms with Crippen molar-refractivity contribution in [3.63, 3.8) is 0 Å². The van der Waals surface area contributed by atoms with E-state index >= 15 is 0 Å². The van der Waals surface area contributed by atoms with Gasteiger partial charge < -0.3 is 11.5 Å². The van der Waals surface area contributed by atoms with E-state index in [9.17, 15) is 0 Å². The highest BCUT2D eigenvalue weighted by Crippen LogP contribution is 2.56. The van der Waals surface area contributed by atoms with Crippen LogP contribution in [0.3, 0.4) is 0 Å². The van der Waals surface area contributed by atoms with Gasteiger partial charge in [0.25, 0.3) is 0 Å². The maximum Gasteiger partial charge on any atom is 0.211 e. The molecule has 0 saturated heterocycles. The zero-order chi connectivity index (χ0) is 18.4. The van der Waals surface area contributed by atoms with Crippen LogP contribution in [0.25, 0.3) is 0 Å². The van der Waals surface area contributed by atoms with Gasteiger partial charge >= 0.3 is 0 Å². The van der Waals surface area contributed by atoms with Crippen LogP contribution in [0.5, 0.6) is 0 Å². The summed E-state index contributed by atoms with van der Waals surface area (Å²) in [5, 5.41) is 8.53. The molecule has 1 unspecified atom stereocenters. The summed E-state index contributed by atoms with van der Waals surface area (Å²) in [4.78, 5) is 0. The number of guanidine groups is 1. The molecule has 0 heterocycles. The zero-order valence-corrected chi connectivity index (χ0v) is 16.3. The molecule has 4 nitrogen and oxygen atoms in total. The Balaban J connectivity index is 2.17. The molecule has 0 amide bonds. The van der Waals surface area contributed by atoms with E-state index in [0.29, 0.717) is 17.3 Å². The fourth-order valence-electron chi connectivity index (χ4n) is 5.14. The van der Waals surface area contributed by atoms with E-state index in [-0.39, 0.29) is 11.4 Å². The predicted molar refractivity (Wildman–Crippen MR) is 106 cm³/mol. The number of rotatable bonds is 2. The Kier molecular flexibility index (Phi) is 4.42. The van der Waals surface area contributed by atoms with Gasteiger partial charge in [0.2, 0.25) is 5.96 Å². The lowest BCUT2D eigenvalue weighted by Crippen LogP contribution is -2.53. The molecule has 0 radical (unpaired) electrons. The van der Waals surface area contributed by atoms with Crippen LogP contribution < -0.4 is 11.5 Å². The molecular weight excluding hydrogens is 308 g/mol. The molecule has 1 aromatic rings. The van der Waals surface area contributed by atoms with Crippen LogP contribution in [0.2, 0.25) is 0 Å². The van der Waals surface area contributed by atoms with Crippen LogP contribution in [-0.4, -0.2) is 11.7 Å². The van der Waals surface area contributed by atoms with Gasteiger partial charge in [-0.25, -0.2) is 0 Å². The lowest BCUT2D eigenvalue weighted by atomic mass is 9.49. The highest BCUT2D eigenvalue weighted by atomic mass is 15.3. The van der Waals surface area contributed by atoms with Gasteiger partial charge in [-0.2, -0.15) is 5.10 Å². The minimum atomic E-state index is -0.0935. The second kappa shape index (κ2) is 6.15. The van der Waals surface area contributed by atoms with E-state index in [0.717, 1.165) is 25.0 Å². The molecule has 0 bridgehead atoms. The third kappa shape index (κ3) is 2.96. The molecule has 1 aromatic carbocycles. The van der Waals surface area contributed by atoms with E-state index in [1.165, 1.54) is 23.1 Å². The van der Waals surface area contributed by atoms with E-state index in [2.05, 4.69) is 63.0 Å². The van der Waals surface area contributed by atoms with Crippen LogP contribution >= 0.6 is 0 Å². The Morgan fingerprint density at radius 2 is 1.88 bits per heavy atom. The molecule has 2 atom stereocenters. The number of benzene rings is 1. The second-order valence-electron chi connectivity index (χ2n) is 8.93. The van der Waals surface area contributed by atoms with Crippen molar-refractivity contribution in [2.45, 2.75) is 71.6 Å². The van der Waals surface area contributed by atoms with Gasteiger partial charge in [-0.3, -0.25) is 0 Å². The average Bonchev–Trinajstić information content (AvgIpc) is 2.53. The van der Waals surface area contributed by atoms with Gasteiger partial charge in [-0.15, -0.1) is 5.10 Å². The standard InChI is InChI=1S/C21H32N4/c1-13(2)14-6-8-16-15(12-14)7-9-17-20(3,4)11-10-18(21(16,17)5)24-25-19(22)23/h6,8,12-13,17H,7,9-11H2,1-5H3,(H4,22,23,25)/t17?,21-/m1/s1. The van der Waals surface area contributed by atoms with Crippen molar-refractivity contribution in [3.8, 4) is 0 Å². The van der Waals surface area contributed by atoms with E-state index < -0.39 is 0 Å². The van der Waals surface area contributed by atoms with Crippen molar-refractivity contribution < 1.29 is 0 Å². The molecule has 2 aliphatic rings. The van der Waals surface area contributed by atoms with Crippen LogP contribution in [0.4, 0.5) is 0 Å². The largest absolute Gasteiger partial charge is 0.369 e. The Labute approximate surface area is 151 Å². The highest BCUT2D eigenvalue weighted by molar-refractivity contribution is 5.97. The maximum atomic E-state index is 5.54. The van der Waals surface area contributed by atoms with Crippen molar-refractivity contribution in [3.05, 3.63) is 34.9 Å². The monoisotopic (exact) mass is 340 g/mol. The van der Waals surface area contributed by atoms with Crippen LogP contribution in [0.15, 0.2) is 28.4 Å².